The lowest BCUT2D eigenvalue weighted by Crippen LogP contribution is -1.97. The average molecular weight is 557 g/mol. The highest BCUT2D eigenvalue weighted by molar-refractivity contribution is 6.21. The van der Waals surface area contributed by atoms with Crippen LogP contribution >= 0.6 is 0 Å². The maximum absolute atomic E-state index is 2.50. The van der Waals surface area contributed by atoms with Crippen molar-refractivity contribution in [3.63, 3.8) is 0 Å². The molecule has 6 aromatic rings. The van der Waals surface area contributed by atoms with Crippen LogP contribution in [0.1, 0.15) is 60.4 Å². The van der Waals surface area contributed by atoms with Gasteiger partial charge in [-0.15, -0.1) is 0 Å². The highest BCUT2D eigenvalue weighted by atomic mass is 14.4. The summed E-state index contributed by atoms with van der Waals surface area (Å²) >= 11 is 0. The number of fused-ring (bicyclic) bond motifs is 5. The fourth-order valence-corrected chi connectivity index (χ4v) is 7.10. The van der Waals surface area contributed by atoms with Crippen molar-refractivity contribution in [1.82, 2.24) is 0 Å². The van der Waals surface area contributed by atoms with Gasteiger partial charge in [0, 0.05) is 0 Å². The quantitative estimate of drug-likeness (QED) is 0.190. The minimum atomic E-state index is 0.712. The first kappa shape index (κ1) is 27.4. The Morgan fingerprint density at radius 3 is 1.98 bits per heavy atom. The molecule has 0 amide bonds. The van der Waals surface area contributed by atoms with Gasteiger partial charge < -0.3 is 0 Å². The largest absolute Gasteiger partial charge is 0.0802 e. The monoisotopic (exact) mass is 556 g/mol. The minimum absolute atomic E-state index is 0.712. The number of rotatable bonds is 3. The van der Waals surface area contributed by atoms with Gasteiger partial charge in [-0.3, -0.25) is 0 Å². The van der Waals surface area contributed by atoms with Crippen LogP contribution < -0.4 is 0 Å². The number of hydrogen-bond acceptors (Lipinski definition) is 0. The molecule has 0 aliphatic heterocycles. The van der Waals surface area contributed by atoms with Gasteiger partial charge in [0.2, 0.25) is 0 Å². The molecule has 0 bridgehead atoms. The van der Waals surface area contributed by atoms with Crippen molar-refractivity contribution in [3.8, 4) is 33.4 Å². The van der Waals surface area contributed by atoms with Gasteiger partial charge in [-0.25, -0.2) is 0 Å². The molecule has 6 aromatic carbocycles. The molecule has 43 heavy (non-hydrogen) atoms. The summed E-state index contributed by atoms with van der Waals surface area (Å²) in [7, 11) is 0. The molecule has 8 rings (SSSR count). The lowest BCUT2D eigenvalue weighted by molar-refractivity contribution is 0.994. The average Bonchev–Trinajstić information content (AvgIpc) is 3.81. The normalized spacial score (nSPS) is 16.4. The molecule has 1 fully saturated rings. The Bertz CT molecular complexity index is 2020. The van der Waals surface area contributed by atoms with E-state index in [-0.39, 0.29) is 0 Å². The van der Waals surface area contributed by atoms with Crippen molar-refractivity contribution < 1.29 is 0 Å². The van der Waals surface area contributed by atoms with E-state index in [9.17, 15) is 0 Å². The Balaban J connectivity index is 0.000000963. The van der Waals surface area contributed by atoms with Crippen molar-refractivity contribution >= 4 is 27.6 Å². The first-order valence-corrected chi connectivity index (χ1v) is 15.9. The Morgan fingerprint density at radius 2 is 1.23 bits per heavy atom. The highest BCUT2D eigenvalue weighted by Gasteiger charge is 2.39. The highest BCUT2D eigenvalue weighted by Crippen LogP contribution is 2.54. The molecule has 0 heteroatoms. The summed E-state index contributed by atoms with van der Waals surface area (Å²) in [5.41, 5.74) is 14.8. The van der Waals surface area contributed by atoms with Gasteiger partial charge in [0.15, 0.2) is 0 Å². The van der Waals surface area contributed by atoms with Crippen LogP contribution in [0, 0.1) is 26.7 Å². The Hall–Kier alpha value is -4.42. The molecule has 0 saturated heterocycles. The van der Waals surface area contributed by atoms with Gasteiger partial charge in [0.05, 0.1) is 0 Å². The molecule has 0 radical (unpaired) electrons. The molecule has 0 nitrogen and oxygen atoms in total. The van der Waals surface area contributed by atoms with Gasteiger partial charge in [-0.1, -0.05) is 129 Å². The first-order chi connectivity index (χ1) is 21.0. The summed E-state index contributed by atoms with van der Waals surface area (Å²) in [4.78, 5) is 0. The summed E-state index contributed by atoms with van der Waals surface area (Å²) in [6, 6.07) is 38.8. The van der Waals surface area contributed by atoms with Crippen LogP contribution in [0.4, 0.5) is 0 Å². The van der Waals surface area contributed by atoms with E-state index in [0.29, 0.717) is 5.92 Å². The van der Waals surface area contributed by atoms with E-state index in [0.717, 1.165) is 5.92 Å². The molecule has 0 spiro atoms. The number of allylic oxidation sites excluding steroid dienone is 1. The molecule has 2 aliphatic carbocycles. The van der Waals surface area contributed by atoms with Gasteiger partial charge >= 0.3 is 0 Å². The predicted octanol–water partition coefficient (Wildman–Crippen LogP) is 12.5. The summed E-state index contributed by atoms with van der Waals surface area (Å²) in [5.74, 6) is 1.46. The van der Waals surface area contributed by atoms with E-state index in [4.69, 9.17) is 0 Å². The Kier molecular flexibility index (Phi) is 7.02. The maximum atomic E-state index is 2.50. The third-order valence-electron chi connectivity index (χ3n) is 9.25. The third-order valence-corrected chi connectivity index (χ3v) is 9.25. The maximum Gasteiger partial charge on any atom is -0.00261 e. The summed E-state index contributed by atoms with van der Waals surface area (Å²) in [6.45, 7) is 11.0. The number of benzene rings is 6. The van der Waals surface area contributed by atoms with Crippen molar-refractivity contribution in [2.24, 2.45) is 5.92 Å². The van der Waals surface area contributed by atoms with Crippen LogP contribution in [0.2, 0.25) is 0 Å². The van der Waals surface area contributed by atoms with Crippen LogP contribution in [0.15, 0.2) is 109 Å². The zero-order chi connectivity index (χ0) is 29.7. The molecule has 212 valence electrons. The van der Waals surface area contributed by atoms with Crippen LogP contribution in [0.5, 0.6) is 0 Å². The van der Waals surface area contributed by atoms with Gasteiger partial charge in [-0.05, 0) is 128 Å². The Labute approximate surface area is 256 Å². The second-order valence-electron chi connectivity index (χ2n) is 12.6. The zero-order valence-electron chi connectivity index (χ0n) is 26.0. The van der Waals surface area contributed by atoms with E-state index in [2.05, 4.69) is 150 Å². The summed E-state index contributed by atoms with van der Waals surface area (Å²) in [6.07, 6.45) is 7.31. The van der Waals surface area contributed by atoms with E-state index < -0.39 is 0 Å². The molecule has 2 aliphatic rings. The van der Waals surface area contributed by atoms with Crippen molar-refractivity contribution in [2.45, 2.75) is 53.4 Å². The van der Waals surface area contributed by atoms with E-state index in [1.165, 1.54) is 95.6 Å². The second kappa shape index (κ2) is 11.0. The smallest absolute Gasteiger partial charge is 0.00261 e. The fraction of sp³-hybridized carbons (Fsp3) is 0.209. The third kappa shape index (κ3) is 4.80. The van der Waals surface area contributed by atoms with Crippen molar-refractivity contribution in [2.75, 3.05) is 0 Å². The number of aryl methyl sites for hydroxylation is 3. The van der Waals surface area contributed by atoms with Crippen LogP contribution in [0.25, 0.3) is 61.0 Å². The van der Waals surface area contributed by atoms with Crippen molar-refractivity contribution in [3.05, 3.63) is 137 Å². The van der Waals surface area contributed by atoms with Crippen molar-refractivity contribution in [1.29, 1.82) is 0 Å². The molecule has 2 unspecified atom stereocenters. The van der Waals surface area contributed by atoms with Gasteiger partial charge in [0.25, 0.3) is 0 Å². The summed E-state index contributed by atoms with van der Waals surface area (Å²) < 4.78 is 0. The standard InChI is InChI=1S/C40H32.C3H8/c1-24-13-18-33-38(19-24)40(32-12-8-7-11-31(32)39(33)27-9-5-4-6-10-27)30-15-14-25(2)34(22-30)35-23-37-28(20-26(35)3)16-17-29-21-36(29)37;1-3-2/h4-20,22-23,29,36H,21H2,1-3H3;3H2,1-2H3. The molecule has 0 N–H and O–H groups in total. The molecule has 2 atom stereocenters. The SMILES string of the molecule is CCC.Cc1ccc2c(-c3ccccc3)c3ccccc3c(-c3ccc(C)c(-c4cc5c(cc4C)C=CC4CC54)c3)c2c1. The zero-order valence-corrected chi connectivity index (χ0v) is 26.0. The first-order valence-electron chi connectivity index (χ1n) is 15.9. The van der Waals surface area contributed by atoms with E-state index in [1.54, 1.807) is 0 Å². The number of hydrogen-bond donors (Lipinski definition) is 0. The lowest BCUT2D eigenvalue weighted by atomic mass is 9.83. The molecule has 0 aromatic heterocycles. The summed E-state index contributed by atoms with van der Waals surface area (Å²) in [5, 5.41) is 5.24. The van der Waals surface area contributed by atoms with Crippen LogP contribution in [-0.2, 0) is 0 Å². The molecular formula is C43H40. The van der Waals surface area contributed by atoms with Crippen LogP contribution in [-0.4, -0.2) is 0 Å². The molecular weight excluding hydrogens is 516 g/mol. The molecule has 1 saturated carbocycles. The van der Waals surface area contributed by atoms with E-state index in [1.807, 2.05) is 0 Å². The minimum Gasteiger partial charge on any atom is -0.0802 e. The van der Waals surface area contributed by atoms with Crippen LogP contribution in [0.3, 0.4) is 0 Å². The fourth-order valence-electron chi connectivity index (χ4n) is 7.10. The second-order valence-corrected chi connectivity index (χ2v) is 12.6. The lowest BCUT2D eigenvalue weighted by Gasteiger charge is -2.20. The molecule has 0 heterocycles. The van der Waals surface area contributed by atoms with E-state index >= 15 is 0 Å². The van der Waals surface area contributed by atoms with Gasteiger partial charge in [-0.2, -0.15) is 0 Å². The van der Waals surface area contributed by atoms with Gasteiger partial charge in [0.1, 0.15) is 0 Å². The topological polar surface area (TPSA) is 0 Å². The predicted molar refractivity (Wildman–Crippen MR) is 188 cm³/mol. The Morgan fingerprint density at radius 1 is 0.581 bits per heavy atom.